The van der Waals surface area contributed by atoms with Crippen LogP contribution in [0, 0.1) is 0 Å². The van der Waals surface area contributed by atoms with Gasteiger partial charge >= 0.3 is 0 Å². The molecule has 10 heteroatoms. The molecule has 1 aliphatic heterocycles. The summed E-state index contributed by atoms with van der Waals surface area (Å²) >= 11 is 0. The predicted molar refractivity (Wildman–Crippen MR) is 127 cm³/mol. The first kappa shape index (κ1) is 20.9. The van der Waals surface area contributed by atoms with Gasteiger partial charge in [-0.1, -0.05) is 0 Å². The number of aromatic nitrogens is 5. The van der Waals surface area contributed by atoms with Gasteiger partial charge in [-0.05, 0) is 19.1 Å². The van der Waals surface area contributed by atoms with Crippen molar-refractivity contribution in [2.24, 2.45) is 0 Å². The van der Waals surface area contributed by atoms with Gasteiger partial charge in [0.25, 0.3) is 5.56 Å². The highest BCUT2D eigenvalue weighted by Gasteiger charge is 2.22. The Hall–Kier alpha value is -3.95. The number of hydrogen-bond donors (Lipinski definition) is 0. The fourth-order valence-electron chi connectivity index (χ4n) is 4.07. The van der Waals surface area contributed by atoms with Crippen LogP contribution >= 0.6 is 0 Å². The maximum absolute atomic E-state index is 12.5. The Bertz CT molecular complexity index is 1380. The van der Waals surface area contributed by atoms with E-state index in [9.17, 15) is 4.79 Å². The average Bonchev–Trinajstić information content (AvgIpc) is 2.87. The molecule has 33 heavy (non-hydrogen) atoms. The number of fused-ring (bicyclic) bond motifs is 2. The van der Waals surface area contributed by atoms with Crippen molar-refractivity contribution >= 4 is 33.7 Å². The number of hydrogen-bond acceptors (Lipinski definition) is 9. The van der Waals surface area contributed by atoms with Crippen molar-refractivity contribution in [1.82, 2.24) is 24.5 Å². The minimum Gasteiger partial charge on any atom is -0.493 e. The van der Waals surface area contributed by atoms with Gasteiger partial charge < -0.3 is 23.8 Å². The summed E-state index contributed by atoms with van der Waals surface area (Å²) < 4.78 is 12.4. The number of pyridine rings is 1. The lowest BCUT2D eigenvalue weighted by atomic mass is 10.2. The molecule has 1 saturated heterocycles. The van der Waals surface area contributed by atoms with Crippen molar-refractivity contribution in [3.63, 3.8) is 0 Å². The minimum atomic E-state index is -0.0610. The van der Waals surface area contributed by atoms with Gasteiger partial charge in [0.05, 0.1) is 30.6 Å². The summed E-state index contributed by atoms with van der Waals surface area (Å²) in [6, 6.07) is 5.61. The van der Waals surface area contributed by atoms with E-state index >= 15 is 0 Å². The third-order valence-electron chi connectivity index (χ3n) is 5.97. The van der Waals surface area contributed by atoms with Crippen molar-refractivity contribution in [3.8, 4) is 11.5 Å². The SMILES string of the molecule is CCn1ccc2nc(N3CCN(c4ncc5cc(OC)c(OC)cc5n4)CC3)ncc2c1=O. The molecule has 0 N–H and O–H groups in total. The number of ether oxygens (including phenoxy) is 2. The van der Waals surface area contributed by atoms with Gasteiger partial charge in [0, 0.05) is 62.8 Å². The van der Waals surface area contributed by atoms with Crippen molar-refractivity contribution in [2.45, 2.75) is 13.5 Å². The van der Waals surface area contributed by atoms with Gasteiger partial charge in [-0.15, -0.1) is 0 Å². The molecule has 1 fully saturated rings. The molecule has 4 aromatic rings. The number of aryl methyl sites for hydroxylation is 1. The van der Waals surface area contributed by atoms with E-state index in [4.69, 9.17) is 14.5 Å². The Kier molecular flexibility index (Phi) is 5.41. The van der Waals surface area contributed by atoms with E-state index in [0.29, 0.717) is 40.8 Å². The zero-order chi connectivity index (χ0) is 22.9. The molecule has 4 heterocycles. The van der Waals surface area contributed by atoms with Crippen molar-refractivity contribution in [1.29, 1.82) is 0 Å². The first-order valence-corrected chi connectivity index (χ1v) is 10.9. The molecule has 5 rings (SSSR count). The number of nitrogens with zero attached hydrogens (tertiary/aromatic N) is 7. The van der Waals surface area contributed by atoms with Crippen LogP contribution in [0.4, 0.5) is 11.9 Å². The van der Waals surface area contributed by atoms with Crippen LogP contribution in [0.1, 0.15) is 6.92 Å². The lowest BCUT2D eigenvalue weighted by Crippen LogP contribution is -2.47. The quantitative estimate of drug-likeness (QED) is 0.455. The monoisotopic (exact) mass is 447 g/mol. The highest BCUT2D eigenvalue weighted by Crippen LogP contribution is 2.31. The van der Waals surface area contributed by atoms with Crippen LogP contribution in [0.5, 0.6) is 11.5 Å². The van der Waals surface area contributed by atoms with Gasteiger partial charge in [0.15, 0.2) is 11.5 Å². The van der Waals surface area contributed by atoms with Gasteiger partial charge in [0.2, 0.25) is 11.9 Å². The summed E-state index contributed by atoms with van der Waals surface area (Å²) in [5, 5.41) is 1.43. The normalized spacial score (nSPS) is 14.2. The molecule has 0 amide bonds. The van der Waals surface area contributed by atoms with E-state index in [1.165, 1.54) is 0 Å². The molecule has 0 spiro atoms. The minimum absolute atomic E-state index is 0.0610. The molecule has 0 aliphatic carbocycles. The standard InChI is InChI=1S/C23H25N7O3/c1-4-28-6-5-17-16(21(28)31)14-25-23(26-17)30-9-7-29(8-10-30)22-24-13-15-11-19(32-2)20(33-3)12-18(15)27-22/h5-6,11-14H,4,7-10H2,1-3H3. The van der Waals surface area contributed by atoms with E-state index in [1.54, 1.807) is 31.2 Å². The van der Waals surface area contributed by atoms with Gasteiger partial charge in [-0.25, -0.2) is 19.9 Å². The number of methoxy groups -OCH3 is 2. The zero-order valence-electron chi connectivity index (χ0n) is 18.9. The van der Waals surface area contributed by atoms with Crippen LogP contribution in [0.15, 0.2) is 41.6 Å². The fraction of sp³-hybridized carbons (Fsp3) is 0.348. The highest BCUT2D eigenvalue weighted by molar-refractivity contribution is 5.83. The van der Waals surface area contributed by atoms with Crippen LogP contribution in [0.3, 0.4) is 0 Å². The molecule has 170 valence electrons. The van der Waals surface area contributed by atoms with Crippen LogP contribution in [0.25, 0.3) is 21.8 Å². The number of piperazine rings is 1. The van der Waals surface area contributed by atoms with Crippen LogP contribution < -0.4 is 24.8 Å². The summed E-state index contributed by atoms with van der Waals surface area (Å²) in [6.07, 6.45) is 5.22. The highest BCUT2D eigenvalue weighted by atomic mass is 16.5. The molecule has 10 nitrogen and oxygen atoms in total. The Balaban J connectivity index is 1.34. The van der Waals surface area contributed by atoms with Crippen molar-refractivity contribution < 1.29 is 9.47 Å². The molecule has 1 aliphatic rings. The number of rotatable bonds is 5. The second-order valence-electron chi connectivity index (χ2n) is 7.79. The molecule has 0 bridgehead atoms. The lowest BCUT2D eigenvalue weighted by molar-refractivity contribution is 0.356. The fourth-order valence-corrected chi connectivity index (χ4v) is 4.07. The largest absolute Gasteiger partial charge is 0.493 e. The first-order valence-electron chi connectivity index (χ1n) is 10.9. The molecule has 0 saturated carbocycles. The van der Waals surface area contributed by atoms with Crippen molar-refractivity contribution in [2.75, 3.05) is 50.2 Å². The van der Waals surface area contributed by atoms with E-state index in [-0.39, 0.29) is 5.56 Å². The zero-order valence-corrected chi connectivity index (χ0v) is 18.9. The van der Waals surface area contributed by atoms with E-state index < -0.39 is 0 Å². The maximum Gasteiger partial charge on any atom is 0.261 e. The predicted octanol–water partition coefficient (Wildman–Crippen LogP) is 2.10. The maximum atomic E-state index is 12.5. The first-order chi connectivity index (χ1) is 16.1. The second kappa shape index (κ2) is 8.53. The Labute approximate surface area is 190 Å². The summed E-state index contributed by atoms with van der Waals surface area (Å²) in [5.74, 6) is 2.60. The van der Waals surface area contributed by atoms with Crippen molar-refractivity contribution in [3.05, 3.63) is 47.1 Å². The summed E-state index contributed by atoms with van der Waals surface area (Å²) in [5.41, 5.74) is 1.41. The number of anilines is 2. The molecule has 0 radical (unpaired) electrons. The number of benzene rings is 1. The summed E-state index contributed by atoms with van der Waals surface area (Å²) in [7, 11) is 3.22. The average molecular weight is 447 g/mol. The lowest BCUT2D eigenvalue weighted by Gasteiger charge is -2.34. The second-order valence-corrected chi connectivity index (χ2v) is 7.79. The van der Waals surface area contributed by atoms with Gasteiger partial charge in [-0.2, -0.15) is 0 Å². The molecule has 3 aromatic heterocycles. The molecule has 1 aromatic carbocycles. The van der Waals surface area contributed by atoms with Crippen LogP contribution in [-0.2, 0) is 6.54 Å². The third kappa shape index (κ3) is 3.77. The summed E-state index contributed by atoms with van der Waals surface area (Å²) in [6.45, 7) is 5.48. The van der Waals surface area contributed by atoms with E-state index in [1.807, 2.05) is 31.3 Å². The van der Waals surface area contributed by atoms with E-state index in [0.717, 1.165) is 37.1 Å². The molecule has 0 atom stereocenters. The van der Waals surface area contributed by atoms with Gasteiger partial charge in [-0.3, -0.25) is 4.79 Å². The van der Waals surface area contributed by atoms with E-state index in [2.05, 4.69) is 24.8 Å². The smallest absolute Gasteiger partial charge is 0.261 e. The Morgan fingerprint density at radius 3 is 2.12 bits per heavy atom. The third-order valence-corrected chi connectivity index (χ3v) is 5.97. The Morgan fingerprint density at radius 1 is 0.879 bits per heavy atom. The molecular weight excluding hydrogens is 422 g/mol. The Morgan fingerprint density at radius 2 is 1.48 bits per heavy atom. The molecular formula is C23H25N7O3. The topological polar surface area (TPSA) is 98.5 Å². The summed E-state index contributed by atoms with van der Waals surface area (Å²) in [4.78, 5) is 35.1. The molecule has 0 unspecified atom stereocenters. The van der Waals surface area contributed by atoms with Crippen LogP contribution in [0.2, 0.25) is 0 Å². The van der Waals surface area contributed by atoms with Crippen LogP contribution in [-0.4, -0.2) is 64.9 Å². The van der Waals surface area contributed by atoms with Gasteiger partial charge in [0.1, 0.15) is 0 Å².